The number of methoxy groups -OCH3 is 3. The van der Waals surface area contributed by atoms with E-state index in [1.165, 1.54) is 7.11 Å². The summed E-state index contributed by atoms with van der Waals surface area (Å²) in [6.07, 6.45) is -11.0. The fourth-order valence-electron chi connectivity index (χ4n) is 4.87. The number of rotatable bonds is 19. The lowest BCUT2D eigenvalue weighted by atomic mass is 9.93. The molecule has 0 radical (unpaired) electrons. The molecule has 2 fully saturated rings. The summed E-state index contributed by atoms with van der Waals surface area (Å²) in [5.41, 5.74) is 0. The lowest BCUT2D eigenvalue weighted by Gasteiger charge is -2.47. The van der Waals surface area contributed by atoms with Crippen LogP contribution in [0.1, 0.15) is 45.4 Å². The third-order valence-electron chi connectivity index (χ3n) is 7.07. The third kappa shape index (κ3) is 11.1. The van der Waals surface area contributed by atoms with Crippen LogP contribution in [0.3, 0.4) is 0 Å². The van der Waals surface area contributed by atoms with E-state index in [9.17, 15) is 34.8 Å². The van der Waals surface area contributed by atoms with Gasteiger partial charge in [0.25, 0.3) is 0 Å². The number of aliphatic carboxylic acids is 1. The largest absolute Gasteiger partial charge is 0.479 e. The van der Waals surface area contributed by atoms with E-state index >= 15 is 0 Å². The quantitative estimate of drug-likeness (QED) is 0.0832. The Morgan fingerprint density at radius 2 is 1.56 bits per heavy atom. The van der Waals surface area contributed by atoms with Crippen molar-refractivity contribution < 1.29 is 72.7 Å². The van der Waals surface area contributed by atoms with Gasteiger partial charge in [0.2, 0.25) is 5.91 Å². The Hall–Kier alpha value is -1.99. The molecule has 16 nitrogen and oxygen atoms in total. The topological polar surface area (TPSA) is 218 Å². The zero-order chi connectivity index (χ0) is 31.9. The van der Waals surface area contributed by atoms with Crippen molar-refractivity contribution in [2.45, 2.75) is 107 Å². The Bertz CT molecular complexity index is 847. The number of esters is 1. The minimum absolute atomic E-state index is 0.0235. The van der Waals surface area contributed by atoms with Crippen LogP contribution in [0.25, 0.3) is 0 Å². The molecule has 0 aliphatic carbocycles. The lowest BCUT2D eigenvalue weighted by Crippen LogP contribution is -2.68. The fraction of sp³-hybridized carbons (Fsp3) is 0.889. The molecule has 2 aliphatic heterocycles. The molecule has 0 aromatic carbocycles. The highest BCUT2D eigenvalue weighted by Gasteiger charge is 2.53. The Kier molecular flexibility index (Phi) is 16.8. The van der Waals surface area contributed by atoms with Gasteiger partial charge in [-0.15, -0.1) is 0 Å². The molecule has 0 bridgehead atoms. The van der Waals surface area contributed by atoms with Crippen LogP contribution in [0.4, 0.5) is 0 Å². The summed E-state index contributed by atoms with van der Waals surface area (Å²) in [6, 6.07) is -1.14. The van der Waals surface area contributed by atoms with Crippen LogP contribution in [0.5, 0.6) is 0 Å². The monoisotopic (exact) mass is 625 g/mol. The highest BCUT2D eigenvalue weighted by Crippen LogP contribution is 2.31. The first-order valence-corrected chi connectivity index (χ1v) is 14.4. The summed E-state index contributed by atoms with van der Waals surface area (Å²) in [5, 5.41) is 44.5. The predicted octanol–water partition coefficient (Wildman–Crippen LogP) is -1.30. The van der Waals surface area contributed by atoms with E-state index < -0.39 is 79.2 Å². The van der Waals surface area contributed by atoms with Gasteiger partial charge in [0.1, 0.15) is 43.2 Å². The molecule has 250 valence electrons. The summed E-state index contributed by atoms with van der Waals surface area (Å²) >= 11 is 0. The van der Waals surface area contributed by atoms with Gasteiger partial charge in [-0.25, -0.2) is 4.79 Å². The van der Waals surface area contributed by atoms with Crippen LogP contribution in [0.2, 0.25) is 0 Å². The van der Waals surface area contributed by atoms with E-state index in [4.69, 9.17) is 37.9 Å². The van der Waals surface area contributed by atoms with Crippen molar-refractivity contribution >= 4 is 17.8 Å². The van der Waals surface area contributed by atoms with E-state index in [0.29, 0.717) is 26.1 Å². The summed E-state index contributed by atoms with van der Waals surface area (Å²) in [4.78, 5) is 36.6. The standard InChI is InChI=1S/C27H47NO15/c1-5-8-15-19(31)22(42-27-21(33)20(32)23(37-3)24(43-27)25(34)35)18(26(38-4)41-15)28-16(29)9-6-10-17(30)40-14-13-39-12-7-11-36-2/h15,18-24,26-27,31-33H,5-14H2,1-4H3,(H,28,29)(H,34,35)/t15?,18?,19-,20-,21?,22-,23+,24?,26-,27-/m1/s1. The maximum atomic E-state index is 12.9. The van der Waals surface area contributed by atoms with Gasteiger partial charge in [-0.05, 0) is 19.3 Å². The molecular weight excluding hydrogens is 578 g/mol. The Labute approximate surface area is 250 Å². The molecule has 1 amide bonds. The number of carbonyl (C=O) groups excluding carboxylic acids is 2. The molecule has 0 aromatic heterocycles. The van der Waals surface area contributed by atoms with Crippen molar-refractivity contribution in [2.24, 2.45) is 0 Å². The van der Waals surface area contributed by atoms with Gasteiger partial charge in [0.15, 0.2) is 18.7 Å². The van der Waals surface area contributed by atoms with E-state index in [-0.39, 0.29) is 32.5 Å². The average Bonchev–Trinajstić information content (AvgIpc) is 2.97. The van der Waals surface area contributed by atoms with Gasteiger partial charge < -0.3 is 63.6 Å². The van der Waals surface area contributed by atoms with Gasteiger partial charge in [-0.3, -0.25) is 9.59 Å². The van der Waals surface area contributed by atoms with Crippen LogP contribution in [0.15, 0.2) is 0 Å². The normalized spacial score (nSPS) is 32.7. The predicted molar refractivity (Wildman–Crippen MR) is 145 cm³/mol. The molecule has 2 rings (SSSR count). The van der Waals surface area contributed by atoms with Gasteiger partial charge >= 0.3 is 11.9 Å². The van der Waals surface area contributed by atoms with Crippen LogP contribution < -0.4 is 5.32 Å². The van der Waals surface area contributed by atoms with Crippen molar-refractivity contribution in [3.8, 4) is 0 Å². The van der Waals surface area contributed by atoms with Crippen LogP contribution in [-0.4, -0.2) is 147 Å². The fourth-order valence-corrected chi connectivity index (χ4v) is 4.87. The summed E-state index contributed by atoms with van der Waals surface area (Å²) in [7, 11) is 4.09. The van der Waals surface area contributed by atoms with Crippen LogP contribution in [-0.2, 0) is 52.3 Å². The molecule has 0 spiro atoms. The minimum atomic E-state index is -1.75. The average molecular weight is 626 g/mol. The van der Waals surface area contributed by atoms with Crippen LogP contribution in [0, 0.1) is 0 Å². The second-order valence-electron chi connectivity index (χ2n) is 10.2. The SMILES string of the molecule is CCCC1O[C@@H](OC)C(NC(=O)CCCC(=O)OCCOCCCOC)[C@@H](O[C@@H]2OC(C(=O)O)[C@@H](OC)[C@H](O)C2O)[C@@H]1O. The highest BCUT2D eigenvalue weighted by molar-refractivity contribution is 5.77. The number of amides is 1. The maximum Gasteiger partial charge on any atom is 0.335 e. The van der Waals surface area contributed by atoms with Crippen molar-refractivity contribution in [1.82, 2.24) is 5.32 Å². The summed E-state index contributed by atoms with van der Waals surface area (Å²) in [6.45, 7) is 3.26. The van der Waals surface area contributed by atoms with Crippen molar-refractivity contribution in [3.05, 3.63) is 0 Å². The van der Waals surface area contributed by atoms with Gasteiger partial charge in [-0.1, -0.05) is 13.3 Å². The summed E-state index contributed by atoms with van der Waals surface area (Å²) in [5.74, 6) is -2.48. The highest BCUT2D eigenvalue weighted by atomic mass is 16.7. The van der Waals surface area contributed by atoms with Gasteiger partial charge in [-0.2, -0.15) is 0 Å². The molecule has 2 saturated heterocycles. The Morgan fingerprint density at radius 1 is 0.814 bits per heavy atom. The molecule has 16 heteroatoms. The molecule has 10 atom stereocenters. The molecule has 0 saturated carbocycles. The van der Waals surface area contributed by atoms with Crippen LogP contribution >= 0.6 is 0 Å². The zero-order valence-electron chi connectivity index (χ0n) is 25.1. The van der Waals surface area contributed by atoms with Crippen molar-refractivity contribution in [1.29, 1.82) is 0 Å². The van der Waals surface area contributed by atoms with Crippen molar-refractivity contribution in [3.63, 3.8) is 0 Å². The second-order valence-corrected chi connectivity index (χ2v) is 10.2. The number of aliphatic hydroxyl groups excluding tert-OH is 3. The number of carboxylic acids is 1. The molecule has 2 aliphatic rings. The molecular formula is C27H47NO15. The first-order chi connectivity index (χ1) is 20.6. The molecule has 2 heterocycles. The Balaban J connectivity index is 2.02. The number of ether oxygens (including phenoxy) is 8. The smallest absolute Gasteiger partial charge is 0.335 e. The summed E-state index contributed by atoms with van der Waals surface area (Å²) < 4.78 is 42.9. The van der Waals surface area contributed by atoms with Gasteiger partial charge in [0, 0.05) is 47.4 Å². The first-order valence-electron chi connectivity index (χ1n) is 14.4. The number of hydrogen-bond donors (Lipinski definition) is 5. The number of nitrogens with one attached hydrogen (secondary N) is 1. The van der Waals surface area contributed by atoms with Crippen molar-refractivity contribution in [2.75, 3.05) is 47.8 Å². The Morgan fingerprint density at radius 3 is 2.19 bits per heavy atom. The molecule has 0 aromatic rings. The van der Waals surface area contributed by atoms with E-state index in [1.54, 1.807) is 7.11 Å². The lowest BCUT2D eigenvalue weighted by molar-refractivity contribution is -0.338. The first kappa shape index (κ1) is 37.2. The number of carbonyl (C=O) groups is 3. The third-order valence-corrected chi connectivity index (χ3v) is 7.07. The molecule has 5 N–H and O–H groups in total. The molecule has 4 unspecified atom stereocenters. The molecule has 43 heavy (non-hydrogen) atoms. The van der Waals surface area contributed by atoms with E-state index in [1.807, 2.05) is 6.92 Å². The minimum Gasteiger partial charge on any atom is -0.479 e. The second kappa shape index (κ2) is 19.4. The van der Waals surface area contributed by atoms with E-state index in [2.05, 4.69) is 5.32 Å². The maximum absolute atomic E-state index is 12.9. The van der Waals surface area contributed by atoms with Gasteiger partial charge in [0.05, 0.1) is 12.7 Å². The zero-order valence-corrected chi connectivity index (χ0v) is 25.1. The van der Waals surface area contributed by atoms with E-state index in [0.717, 1.165) is 13.5 Å². The number of carboxylic acid groups (broad SMARTS) is 1. The number of aliphatic hydroxyl groups is 3. The number of hydrogen-bond acceptors (Lipinski definition) is 14.